The minimum absolute atomic E-state index is 0.0647. The Hall–Kier alpha value is -2.05. The first-order valence-electron chi connectivity index (χ1n) is 6.33. The van der Waals surface area contributed by atoms with E-state index in [-0.39, 0.29) is 17.9 Å². The van der Waals surface area contributed by atoms with Gasteiger partial charge in [-0.1, -0.05) is 0 Å². The molecule has 1 aliphatic heterocycles. The summed E-state index contributed by atoms with van der Waals surface area (Å²) in [6.07, 6.45) is 1.66. The number of aromatic nitrogens is 2. The second-order valence-electron chi connectivity index (χ2n) is 5.08. The summed E-state index contributed by atoms with van der Waals surface area (Å²) in [4.78, 5) is 25.0. The van der Waals surface area contributed by atoms with E-state index in [0.29, 0.717) is 19.6 Å². The number of fused-ring (bicyclic) bond motifs is 1. The van der Waals surface area contributed by atoms with E-state index in [2.05, 4.69) is 10.4 Å². The third-order valence-electron chi connectivity index (χ3n) is 3.10. The maximum absolute atomic E-state index is 12.1. The van der Waals surface area contributed by atoms with Gasteiger partial charge in [-0.05, 0) is 19.9 Å². The highest BCUT2D eigenvalue weighted by molar-refractivity contribution is 5.80. The van der Waals surface area contributed by atoms with Crippen LogP contribution >= 0.6 is 0 Å². The van der Waals surface area contributed by atoms with E-state index in [0.717, 1.165) is 5.69 Å². The standard InChI is InChI=1S/C12H19N5O2/c1-8(2)15-11(18)9-5-16(12(13)19)7-10-3-4-14-17(10)6-9/h3-4,8-9H,5-7H2,1-2H3,(H2,13,19)(H,15,18)/t9-/m0/s1. The largest absolute Gasteiger partial charge is 0.354 e. The van der Waals surface area contributed by atoms with Gasteiger partial charge in [-0.15, -0.1) is 0 Å². The second kappa shape index (κ2) is 5.29. The first-order valence-corrected chi connectivity index (χ1v) is 6.33. The van der Waals surface area contributed by atoms with Crippen LogP contribution in [-0.4, -0.2) is 39.2 Å². The predicted molar refractivity (Wildman–Crippen MR) is 69.0 cm³/mol. The minimum Gasteiger partial charge on any atom is -0.354 e. The van der Waals surface area contributed by atoms with Crippen LogP contribution in [0.15, 0.2) is 12.3 Å². The van der Waals surface area contributed by atoms with Crippen molar-refractivity contribution in [3.8, 4) is 0 Å². The summed E-state index contributed by atoms with van der Waals surface area (Å²) in [6.45, 7) is 4.97. The highest BCUT2D eigenvalue weighted by Crippen LogP contribution is 2.15. The molecule has 0 saturated carbocycles. The Morgan fingerprint density at radius 3 is 2.84 bits per heavy atom. The van der Waals surface area contributed by atoms with E-state index in [1.807, 2.05) is 19.9 Å². The van der Waals surface area contributed by atoms with Gasteiger partial charge >= 0.3 is 6.03 Å². The van der Waals surface area contributed by atoms with Gasteiger partial charge in [-0.3, -0.25) is 9.48 Å². The first-order chi connectivity index (χ1) is 8.97. The van der Waals surface area contributed by atoms with Crippen molar-refractivity contribution < 1.29 is 9.59 Å². The number of amides is 3. The van der Waals surface area contributed by atoms with Gasteiger partial charge in [0.15, 0.2) is 0 Å². The summed E-state index contributed by atoms with van der Waals surface area (Å²) in [5.41, 5.74) is 6.24. The maximum Gasteiger partial charge on any atom is 0.315 e. The average molecular weight is 265 g/mol. The van der Waals surface area contributed by atoms with Gasteiger partial charge in [0.05, 0.1) is 24.7 Å². The van der Waals surface area contributed by atoms with Gasteiger partial charge in [-0.25, -0.2) is 4.79 Å². The first kappa shape index (κ1) is 13.4. The van der Waals surface area contributed by atoms with Gasteiger partial charge in [0.25, 0.3) is 0 Å². The molecule has 0 saturated heterocycles. The van der Waals surface area contributed by atoms with Crippen LogP contribution in [0.25, 0.3) is 0 Å². The molecule has 104 valence electrons. The molecule has 7 heteroatoms. The lowest BCUT2D eigenvalue weighted by atomic mass is 10.1. The third kappa shape index (κ3) is 3.04. The number of hydrogen-bond donors (Lipinski definition) is 2. The fourth-order valence-corrected chi connectivity index (χ4v) is 2.19. The van der Waals surface area contributed by atoms with E-state index >= 15 is 0 Å². The van der Waals surface area contributed by atoms with Gasteiger partial charge in [0, 0.05) is 18.8 Å². The number of nitrogens with zero attached hydrogens (tertiary/aromatic N) is 3. The normalized spacial score (nSPS) is 18.9. The molecule has 1 atom stereocenters. The summed E-state index contributed by atoms with van der Waals surface area (Å²) >= 11 is 0. The fourth-order valence-electron chi connectivity index (χ4n) is 2.19. The van der Waals surface area contributed by atoms with Crippen LogP contribution in [0.2, 0.25) is 0 Å². The molecule has 0 aromatic carbocycles. The SMILES string of the molecule is CC(C)NC(=O)[C@H]1CN(C(N)=O)Cc2ccnn2C1. The predicted octanol–water partition coefficient (Wildman–Crippen LogP) is -0.0818. The molecule has 3 amide bonds. The summed E-state index contributed by atoms with van der Waals surface area (Å²) in [5, 5.41) is 7.04. The molecule has 0 radical (unpaired) electrons. The second-order valence-corrected chi connectivity index (χ2v) is 5.08. The summed E-state index contributed by atoms with van der Waals surface area (Å²) in [7, 11) is 0. The Morgan fingerprint density at radius 1 is 1.47 bits per heavy atom. The van der Waals surface area contributed by atoms with Crippen LogP contribution in [0.1, 0.15) is 19.5 Å². The van der Waals surface area contributed by atoms with E-state index in [4.69, 9.17) is 5.73 Å². The molecule has 0 aliphatic carbocycles. The van der Waals surface area contributed by atoms with Crippen molar-refractivity contribution in [2.24, 2.45) is 11.7 Å². The van der Waals surface area contributed by atoms with E-state index in [9.17, 15) is 9.59 Å². The minimum atomic E-state index is -0.517. The van der Waals surface area contributed by atoms with E-state index < -0.39 is 6.03 Å². The van der Waals surface area contributed by atoms with Crippen LogP contribution in [0.3, 0.4) is 0 Å². The Labute approximate surface area is 111 Å². The van der Waals surface area contributed by atoms with Crippen molar-refractivity contribution in [1.29, 1.82) is 0 Å². The number of urea groups is 1. The average Bonchev–Trinajstić information content (AvgIpc) is 2.65. The van der Waals surface area contributed by atoms with Gasteiger partial charge in [0.1, 0.15) is 0 Å². The van der Waals surface area contributed by atoms with Gasteiger partial charge in [-0.2, -0.15) is 5.10 Å². The van der Waals surface area contributed by atoms with Crippen molar-refractivity contribution in [1.82, 2.24) is 20.0 Å². The van der Waals surface area contributed by atoms with Crippen molar-refractivity contribution in [3.63, 3.8) is 0 Å². The fraction of sp³-hybridized carbons (Fsp3) is 0.583. The monoisotopic (exact) mass is 265 g/mol. The molecule has 19 heavy (non-hydrogen) atoms. The molecule has 7 nitrogen and oxygen atoms in total. The Balaban J connectivity index is 2.20. The number of nitrogens with two attached hydrogens (primary N) is 1. The molecule has 1 aromatic heterocycles. The highest BCUT2D eigenvalue weighted by atomic mass is 16.2. The van der Waals surface area contributed by atoms with Crippen molar-refractivity contribution in [2.75, 3.05) is 6.54 Å². The molecule has 1 aromatic rings. The maximum atomic E-state index is 12.1. The Morgan fingerprint density at radius 2 is 2.21 bits per heavy atom. The number of hydrogen-bond acceptors (Lipinski definition) is 3. The number of carbonyl (C=O) groups is 2. The molecule has 0 fully saturated rings. The van der Waals surface area contributed by atoms with Gasteiger partial charge in [0.2, 0.25) is 5.91 Å². The lowest BCUT2D eigenvalue weighted by Crippen LogP contribution is -2.44. The zero-order valence-corrected chi connectivity index (χ0v) is 11.2. The zero-order valence-electron chi connectivity index (χ0n) is 11.2. The van der Waals surface area contributed by atoms with Crippen LogP contribution in [-0.2, 0) is 17.9 Å². The lowest BCUT2D eigenvalue weighted by molar-refractivity contribution is -0.126. The summed E-state index contributed by atoms with van der Waals surface area (Å²) < 4.78 is 1.76. The van der Waals surface area contributed by atoms with Crippen LogP contribution < -0.4 is 11.1 Å². The van der Waals surface area contributed by atoms with E-state index in [1.165, 1.54) is 4.90 Å². The van der Waals surface area contributed by atoms with Crippen LogP contribution in [0.5, 0.6) is 0 Å². The van der Waals surface area contributed by atoms with Crippen molar-refractivity contribution >= 4 is 11.9 Å². The van der Waals surface area contributed by atoms with Crippen LogP contribution in [0.4, 0.5) is 4.79 Å². The van der Waals surface area contributed by atoms with E-state index in [1.54, 1.807) is 10.9 Å². The smallest absolute Gasteiger partial charge is 0.315 e. The Kier molecular flexibility index (Phi) is 3.73. The number of nitrogens with one attached hydrogen (secondary N) is 1. The molecular weight excluding hydrogens is 246 g/mol. The highest BCUT2D eigenvalue weighted by Gasteiger charge is 2.29. The van der Waals surface area contributed by atoms with Crippen molar-refractivity contribution in [2.45, 2.75) is 33.0 Å². The van der Waals surface area contributed by atoms with Crippen molar-refractivity contribution in [3.05, 3.63) is 18.0 Å². The molecular formula is C12H19N5O2. The number of carbonyl (C=O) groups excluding carboxylic acids is 2. The third-order valence-corrected chi connectivity index (χ3v) is 3.10. The number of primary amides is 1. The zero-order chi connectivity index (χ0) is 14.0. The molecule has 3 N–H and O–H groups in total. The van der Waals surface area contributed by atoms with Gasteiger partial charge < -0.3 is 16.0 Å². The number of rotatable bonds is 2. The molecule has 0 unspecified atom stereocenters. The molecule has 2 rings (SSSR count). The quantitative estimate of drug-likeness (QED) is 0.783. The Bertz CT molecular complexity index is 482. The summed E-state index contributed by atoms with van der Waals surface area (Å²) in [6, 6.07) is 1.38. The lowest BCUT2D eigenvalue weighted by Gasteiger charge is -2.22. The summed E-state index contributed by atoms with van der Waals surface area (Å²) in [5.74, 6) is -0.416. The molecule has 2 heterocycles. The topological polar surface area (TPSA) is 93.2 Å². The molecule has 1 aliphatic rings. The van der Waals surface area contributed by atoms with Crippen LogP contribution in [0, 0.1) is 5.92 Å². The molecule has 0 spiro atoms. The molecule has 0 bridgehead atoms.